The van der Waals surface area contributed by atoms with Crippen molar-refractivity contribution in [2.45, 2.75) is 6.92 Å². The Morgan fingerprint density at radius 2 is 2.03 bits per heavy atom. The van der Waals surface area contributed by atoms with Gasteiger partial charge >= 0.3 is 5.97 Å². The predicted molar refractivity (Wildman–Crippen MR) is 118 cm³/mol. The van der Waals surface area contributed by atoms with Crippen LogP contribution in [0.4, 0.5) is 5.69 Å². The number of hydrogen-bond donors (Lipinski definition) is 1. The molecule has 0 saturated heterocycles. The van der Waals surface area contributed by atoms with E-state index in [1.807, 2.05) is 18.2 Å². The monoisotopic (exact) mass is 516 g/mol. The average molecular weight is 516 g/mol. The van der Waals surface area contributed by atoms with Gasteiger partial charge in [0.2, 0.25) is 0 Å². The fourth-order valence-electron chi connectivity index (χ4n) is 3.08. The normalized spacial score (nSPS) is 10.9. The molecular formula is C20H17IN6O3. The maximum absolute atomic E-state index is 12.7. The molecule has 0 radical (unpaired) electrons. The second kappa shape index (κ2) is 8.22. The highest BCUT2D eigenvalue weighted by Crippen LogP contribution is 2.24. The molecule has 152 valence electrons. The predicted octanol–water partition coefficient (Wildman–Crippen LogP) is 3.16. The molecule has 0 atom stereocenters. The number of anilines is 1. The Morgan fingerprint density at radius 3 is 2.77 bits per heavy atom. The number of aromatic nitrogens is 5. The Bertz CT molecular complexity index is 1240. The van der Waals surface area contributed by atoms with E-state index in [1.54, 1.807) is 43.0 Å². The van der Waals surface area contributed by atoms with Gasteiger partial charge in [-0.05, 0) is 47.7 Å². The summed E-state index contributed by atoms with van der Waals surface area (Å²) in [6, 6.07) is 9.16. The number of halogens is 1. The minimum absolute atomic E-state index is 0.250. The largest absolute Gasteiger partial charge is 0.462 e. The van der Waals surface area contributed by atoms with E-state index in [0.29, 0.717) is 22.6 Å². The summed E-state index contributed by atoms with van der Waals surface area (Å²) in [5.41, 5.74) is 3.34. The van der Waals surface area contributed by atoms with Crippen LogP contribution in [0.5, 0.6) is 0 Å². The van der Waals surface area contributed by atoms with Crippen LogP contribution < -0.4 is 5.32 Å². The summed E-state index contributed by atoms with van der Waals surface area (Å²) in [5, 5.41) is 11.3. The third-order valence-corrected chi connectivity index (χ3v) is 5.21. The van der Waals surface area contributed by atoms with Crippen molar-refractivity contribution in [1.82, 2.24) is 24.4 Å². The van der Waals surface area contributed by atoms with Gasteiger partial charge in [0.25, 0.3) is 5.91 Å². The first-order chi connectivity index (χ1) is 14.5. The minimum atomic E-state index is -0.469. The number of nitrogens with zero attached hydrogens (tertiary/aromatic N) is 5. The molecule has 0 aliphatic carbocycles. The average Bonchev–Trinajstić information content (AvgIpc) is 3.31. The van der Waals surface area contributed by atoms with E-state index in [2.05, 4.69) is 43.1 Å². The number of aryl methyl sites for hydroxylation is 1. The second-order valence-corrected chi connectivity index (χ2v) is 7.51. The number of esters is 1. The Labute approximate surface area is 185 Å². The number of amides is 1. The topological polar surface area (TPSA) is 103 Å². The molecule has 0 saturated carbocycles. The molecule has 1 N–H and O–H groups in total. The number of nitrogens with one attached hydrogen (secondary N) is 1. The van der Waals surface area contributed by atoms with Crippen LogP contribution in [0.1, 0.15) is 27.8 Å². The van der Waals surface area contributed by atoms with Crippen LogP contribution >= 0.6 is 22.6 Å². The summed E-state index contributed by atoms with van der Waals surface area (Å²) >= 11 is 2.08. The first-order valence-corrected chi connectivity index (χ1v) is 10.2. The van der Waals surface area contributed by atoms with Gasteiger partial charge in [0.1, 0.15) is 11.3 Å². The fraction of sp³-hybridized carbons (Fsp3) is 0.150. The summed E-state index contributed by atoms with van der Waals surface area (Å²) in [5.74, 6) is -0.718. The molecule has 3 aromatic heterocycles. The molecule has 0 bridgehead atoms. The number of ether oxygens (including phenoxy) is 1. The van der Waals surface area contributed by atoms with E-state index in [0.717, 1.165) is 14.8 Å². The third-order valence-electron chi connectivity index (χ3n) is 4.42. The van der Waals surface area contributed by atoms with Crippen molar-refractivity contribution in [2.75, 3.05) is 11.9 Å². The number of carbonyl (C=O) groups is 2. The first kappa shape index (κ1) is 20.0. The molecule has 1 aromatic carbocycles. The molecule has 0 aliphatic heterocycles. The quantitative estimate of drug-likeness (QED) is 0.323. The van der Waals surface area contributed by atoms with Crippen LogP contribution in [0.15, 0.2) is 48.9 Å². The first-order valence-electron chi connectivity index (χ1n) is 9.08. The van der Waals surface area contributed by atoms with Gasteiger partial charge < -0.3 is 10.1 Å². The zero-order valence-corrected chi connectivity index (χ0v) is 18.3. The molecule has 30 heavy (non-hydrogen) atoms. The number of carbonyl (C=O) groups excluding carboxylic acids is 2. The Balaban J connectivity index is 1.68. The number of fused-ring (bicyclic) bond motifs is 1. The Morgan fingerprint density at radius 1 is 1.20 bits per heavy atom. The van der Waals surface area contributed by atoms with E-state index in [1.165, 1.54) is 10.9 Å². The zero-order valence-electron chi connectivity index (χ0n) is 16.2. The van der Waals surface area contributed by atoms with Gasteiger partial charge in [0.05, 0.1) is 28.3 Å². The fourth-order valence-corrected chi connectivity index (χ4v) is 3.79. The summed E-state index contributed by atoms with van der Waals surface area (Å²) in [6.45, 7) is 2.02. The summed E-state index contributed by atoms with van der Waals surface area (Å²) in [4.78, 5) is 29.1. The van der Waals surface area contributed by atoms with E-state index in [9.17, 15) is 9.59 Å². The van der Waals surface area contributed by atoms with Crippen LogP contribution in [-0.4, -0.2) is 42.9 Å². The molecule has 10 heteroatoms. The number of benzene rings is 1. The lowest BCUT2D eigenvalue weighted by molar-refractivity contribution is 0.0528. The maximum Gasteiger partial charge on any atom is 0.343 e. The van der Waals surface area contributed by atoms with E-state index >= 15 is 0 Å². The molecule has 4 aromatic rings. The molecule has 1 amide bonds. The van der Waals surface area contributed by atoms with Crippen molar-refractivity contribution in [2.24, 2.45) is 7.05 Å². The summed E-state index contributed by atoms with van der Waals surface area (Å²) < 4.78 is 8.95. The summed E-state index contributed by atoms with van der Waals surface area (Å²) in [6.07, 6.45) is 4.69. The molecule has 9 nitrogen and oxygen atoms in total. The second-order valence-electron chi connectivity index (χ2n) is 6.34. The Hall–Kier alpha value is -3.28. The lowest BCUT2D eigenvalue weighted by Gasteiger charge is -2.09. The van der Waals surface area contributed by atoms with Crippen LogP contribution in [0.25, 0.3) is 16.9 Å². The van der Waals surface area contributed by atoms with Gasteiger partial charge in [-0.3, -0.25) is 9.48 Å². The van der Waals surface area contributed by atoms with Crippen molar-refractivity contribution in [3.05, 3.63) is 63.7 Å². The van der Waals surface area contributed by atoms with Crippen molar-refractivity contribution >= 4 is 45.8 Å². The number of hydrogen-bond acceptors (Lipinski definition) is 6. The van der Waals surface area contributed by atoms with Crippen molar-refractivity contribution in [3.63, 3.8) is 0 Å². The third kappa shape index (κ3) is 3.65. The number of rotatable bonds is 5. The van der Waals surface area contributed by atoms with Crippen LogP contribution in [0.2, 0.25) is 0 Å². The van der Waals surface area contributed by atoms with Crippen LogP contribution in [0.3, 0.4) is 0 Å². The van der Waals surface area contributed by atoms with Gasteiger partial charge in [0.15, 0.2) is 5.65 Å². The highest BCUT2D eigenvalue weighted by molar-refractivity contribution is 14.1. The zero-order chi connectivity index (χ0) is 21.3. The molecule has 3 heterocycles. The molecule has 0 fully saturated rings. The smallest absolute Gasteiger partial charge is 0.343 e. The van der Waals surface area contributed by atoms with Crippen LogP contribution in [-0.2, 0) is 11.8 Å². The van der Waals surface area contributed by atoms with Crippen molar-refractivity contribution in [1.29, 1.82) is 0 Å². The van der Waals surface area contributed by atoms with Gasteiger partial charge in [-0.1, -0.05) is 12.1 Å². The SMILES string of the molecule is CCOC(=O)c1cnn2c(-c3cccc(NC(=O)c4c(I)cnn4C)c3)ccnc12. The van der Waals surface area contributed by atoms with Gasteiger partial charge in [0, 0.05) is 24.5 Å². The minimum Gasteiger partial charge on any atom is -0.462 e. The van der Waals surface area contributed by atoms with E-state index < -0.39 is 5.97 Å². The lowest BCUT2D eigenvalue weighted by Crippen LogP contribution is -2.17. The van der Waals surface area contributed by atoms with E-state index in [-0.39, 0.29) is 12.5 Å². The maximum atomic E-state index is 12.7. The molecule has 0 spiro atoms. The molecule has 4 rings (SSSR count). The van der Waals surface area contributed by atoms with E-state index in [4.69, 9.17) is 4.74 Å². The standard InChI is InChI=1S/C20H17IN6O3/c1-3-30-20(29)14-10-24-27-16(7-8-22-18(14)27)12-5-4-6-13(9-12)25-19(28)17-15(21)11-23-26(17)2/h4-11H,3H2,1-2H3,(H,25,28). The summed E-state index contributed by atoms with van der Waals surface area (Å²) in [7, 11) is 1.72. The molecular weight excluding hydrogens is 499 g/mol. The lowest BCUT2D eigenvalue weighted by atomic mass is 10.1. The van der Waals surface area contributed by atoms with Gasteiger partial charge in [-0.2, -0.15) is 10.2 Å². The van der Waals surface area contributed by atoms with Crippen molar-refractivity contribution < 1.29 is 14.3 Å². The van der Waals surface area contributed by atoms with Gasteiger partial charge in [-0.15, -0.1) is 0 Å². The van der Waals surface area contributed by atoms with Crippen molar-refractivity contribution in [3.8, 4) is 11.3 Å². The molecule has 0 unspecified atom stereocenters. The highest BCUT2D eigenvalue weighted by Gasteiger charge is 2.18. The Kier molecular flexibility index (Phi) is 5.48. The van der Waals surface area contributed by atoms with Crippen LogP contribution in [0, 0.1) is 3.57 Å². The highest BCUT2D eigenvalue weighted by atomic mass is 127. The molecule has 0 aliphatic rings. The van der Waals surface area contributed by atoms with Gasteiger partial charge in [-0.25, -0.2) is 14.3 Å².